The second-order valence-corrected chi connectivity index (χ2v) is 6.22. The van der Waals surface area contributed by atoms with Gasteiger partial charge in [0.05, 0.1) is 0 Å². The Balaban J connectivity index is 1.87. The molecule has 1 heterocycles. The molecule has 1 aliphatic heterocycles. The summed E-state index contributed by atoms with van der Waals surface area (Å²) in [5, 5.41) is 0. The second-order valence-electron chi connectivity index (χ2n) is 6.22. The molecule has 0 saturated carbocycles. The fraction of sp³-hybridized carbons (Fsp3) is 0.611. The number of piperazine rings is 1. The Morgan fingerprint density at radius 1 is 1.10 bits per heavy atom. The van der Waals surface area contributed by atoms with E-state index in [1.165, 1.54) is 11.3 Å². The molecule has 1 aromatic carbocycles. The fourth-order valence-electron chi connectivity index (χ4n) is 2.77. The summed E-state index contributed by atoms with van der Waals surface area (Å²) in [4.78, 5) is 16.4. The number of unbranched alkanes of at least 4 members (excludes halogenated alkanes) is 1. The maximum absolute atomic E-state index is 12.0. The van der Waals surface area contributed by atoms with E-state index in [-0.39, 0.29) is 0 Å². The Bertz CT molecular complexity index is 445. The lowest BCUT2D eigenvalue weighted by Crippen LogP contribution is -2.48. The minimum absolute atomic E-state index is 0.326. The maximum Gasteiger partial charge on any atom is 0.222 e. The number of nitrogens with zero attached hydrogens (tertiary/aromatic N) is 2. The average molecular weight is 288 g/mol. The Labute approximate surface area is 128 Å². The molecule has 0 aromatic heterocycles. The van der Waals surface area contributed by atoms with Crippen LogP contribution in [0.15, 0.2) is 24.3 Å². The number of anilines is 1. The Kier molecular flexibility index (Phi) is 5.66. The molecule has 1 saturated heterocycles. The number of carbonyl (C=O) groups is 1. The summed E-state index contributed by atoms with van der Waals surface area (Å²) >= 11 is 0. The molecule has 1 amide bonds. The first kappa shape index (κ1) is 15.9. The topological polar surface area (TPSA) is 23.6 Å². The molecule has 1 aromatic rings. The van der Waals surface area contributed by atoms with Crippen LogP contribution in [0.1, 0.15) is 51.5 Å². The molecule has 3 heteroatoms. The first-order valence-corrected chi connectivity index (χ1v) is 8.24. The summed E-state index contributed by atoms with van der Waals surface area (Å²) in [6.07, 6.45) is 2.81. The molecule has 1 fully saturated rings. The van der Waals surface area contributed by atoms with Gasteiger partial charge in [-0.05, 0) is 30.0 Å². The van der Waals surface area contributed by atoms with Crippen LogP contribution in [0.4, 0.5) is 5.69 Å². The molecular weight excluding hydrogens is 260 g/mol. The van der Waals surface area contributed by atoms with Crippen LogP contribution in [0.25, 0.3) is 0 Å². The predicted octanol–water partition coefficient (Wildman–Crippen LogP) is 3.65. The quantitative estimate of drug-likeness (QED) is 0.825. The van der Waals surface area contributed by atoms with E-state index >= 15 is 0 Å². The van der Waals surface area contributed by atoms with Gasteiger partial charge in [0, 0.05) is 38.3 Å². The van der Waals surface area contributed by atoms with Crippen molar-refractivity contribution in [1.82, 2.24) is 4.90 Å². The van der Waals surface area contributed by atoms with Gasteiger partial charge in [0.15, 0.2) is 0 Å². The summed E-state index contributed by atoms with van der Waals surface area (Å²) in [7, 11) is 0. The number of amides is 1. The van der Waals surface area contributed by atoms with E-state index in [4.69, 9.17) is 0 Å². The van der Waals surface area contributed by atoms with Gasteiger partial charge < -0.3 is 9.80 Å². The van der Waals surface area contributed by atoms with Crippen molar-refractivity contribution < 1.29 is 4.79 Å². The molecule has 0 N–H and O–H groups in total. The van der Waals surface area contributed by atoms with Crippen molar-refractivity contribution >= 4 is 11.6 Å². The van der Waals surface area contributed by atoms with Gasteiger partial charge in [0.1, 0.15) is 0 Å². The molecular formula is C18H28N2O. The van der Waals surface area contributed by atoms with Gasteiger partial charge in [-0.25, -0.2) is 0 Å². The largest absolute Gasteiger partial charge is 0.368 e. The van der Waals surface area contributed by atoms with Crippen molar-refractivity contribution in [2.45, 2.75) is 46.0 Å². The van der Waals surface area contributed by atoms with Crippen molar-refractivity contribution in [2.24, 2.45) is 0 Å². The summed E-state index contributed by atoms with van der Waals surface area (Å²) in [6.45, 7) is 10.2. The summed E-state index contributed by atoms with van der Waals surface area (Å²) in [6, 6.07) is 8.87. The molecule has 2 rings (SSSR count). The number of carbonyl (C=O) groups excluding carboxylic acids is 1. The van der Waals surface area contributed by atoms with Crippen LogP contribution >= 0.6 is 0 Å². The normalized spacial score (nSPS) is 15.6. The van der Waals surface area contributed by atoms with E-state index < -0.39 is 0 Å². The van der Waals surface area contributed by atoms with Crippen molar-refractivity contribution in [1.29, 1.82) is 0 Å². The third-order valence-electron chi connectivity index (χ3n) is 4.30. The van der Waals surface area contributed by atoms with Gasteiger partial charge in [-0.15, -0.1) is 0 Å². The van der Waals surface area contributed by atoms with Crippen molar-refractivity contribution in [3.63, 3.8) is 0 Å². The highest BCUT2D eigenvalue weighted by atomic mass is 16.2. The van der Waals surface area contributed by atoms with Gasteiger partial charge in [-0.3, -0.25) is 4.79 Å². The third kappa shape index (κ3) is 4.23. The summed E-state index contributed by atoms with van der Waals surface area (Å²) in [5.74, 6) is 0.902. The molecule has 0 radical (unpaired) electrons. The minimum atomic E-state index is 0.326. The van der Waals surface area contributed by atoms with Gasteiger partial charge >= 0.3 is 0 Å². The van der Waals surface area contributed by atoms with E-state index in [2.05, 4.69) is 49.9 Å². The number of benzene rings is 1. The molecule has 21 heavy (non-hydrogen) atoms. The average Bonchev–Trinajstić information content (AvgIpc) is 2.53. The van der Waals surface area contributed by atoms with Crippen LogP contribution in [0.3, 0.4) is 0 Å². The third-order valence-corrected chi connectivity index (χ3v) is 4.30. The molecule has 0 spiro atoms. The van der Waals surface area contributed by atoms with Crippen LogP contribution in [0.5, 0.6) is 0 Å². The Morgan fingerprint density at radius 3 is 2.24 bits per heavy atom. The maximum atomic E-state index is 12.0. The summed E-state index contributed by atoms with van der Waals surface area (Å²) in [5.41, 5.74) is 2.66. The van der Waals surface area contributed by atoms with Crippen LogP contribution in [-0.2, 0) is 4.79 Å². The van der Waals surface area contributed by atoms with Crippen LogP contribution in [0, 0.1) is 0 Å². The van der Waals surface area contributed by atoms with Gasteiger partial charge in [-0.2, -0.15) is 0 Å². The first-order valence-electron chi connectivity index (χ1n) is 8.24. The highest BCUT2D eigenvalue weighted by Gasteiger charge is 2.20. The zero-order chi connectivity index (χ0) is 15.2. The lowest BCUT2D eigenvalue weighted by Gasteiger charge is -2.36. The molecule has 0 atom stereocenters. The predicted molar refractivity (Wildman–Crippen MR) is 88.8 cm³/mol. The lowest BCUT2D eigenvalue weighted by molar-refractivity contribution is -0.131. The van der Waals surface area contributed by atoms with Crippen LogP contribution in [0.2, 0.25) is 0 Å². The van der Waals surface area contributed by atoms with E-state index in [1.807, 2.05) is 4.90 Å². The number of hydrogen-bond donors (Lipinski definition) is 0. The van der Waals surface area contributed by atoms with E-state index in [0.29, 0.717) is 18.2 Å². The smallest absolute Gasteiger partial charge is 0.222 e. The Hall–Kier alpha value is -1.51. The van der Waals surface area contributed by atoms with Crippen molar-refractivity contribution in [3.05, 3.63) is 29.8 Å². The molecule has 0 unspecified atom stereocenters. The highest BCUT2D eigenvalue weighted by molar-refractivity contribution is 5.76. The second kappa shape index (κ2) is 7.48. The van der Waals surface area contributed by atoms with Gasteiger partial charge in [0.2, 0.25) is 5.91 Å². The van der Waals surface area contributed by atoms with Crippen LogP contribution < -0.4 is 4.90 Å². The first-order chi connectivity index (χ1) is 10.1. The van der Waals surface area contributed by atoms with E-state index in [0.717, 1.165) is 39.0 Å². The molecule has 0 aliphatic carbocycles. The summed E-state index contributed by atoms with van der Waals surface area (Å²) < 4.78 is 0. The van der Waals surface area contributed by atoms with Crippen molar-refractivity contribution in [2.75, 3.05) is 31.1 Å². The number of hydrogen-bond acceptors (Lipinski definition) is 2. The zero-order valence-electron chi connectivity index (χ0n) is 13.6. The molecule has 116 valence electrons. The minimum Gasteiger partial charge on any atom is -0.368 e. The van der Waals surface area contributed by atoms with Gasteiger partial charge in [-0.1, -0.05) is 39.3 Å². The van der Waals surface area contributed by atoms with E-state index in [9.17, 15) is 4.79 Å². The SMILES string of the molecule is CCCCC(=O)N1CCN(c2ccc(C(C)C)cc2)CC1. The van der Waals surface area contributed by atoms with E-state index in [1.54, 1.807) is 0 Å². The molecule has 1 aliphatic rings. The molecule has 0 bridgehead atoms. The standard InChI is InChI=1S/C18H28N2O/c1-4-5-6-18(21)20-13-11-19(12-14-20)17-9-7-16(8-10-17)15(2)3/h7-10,15H,4-6,11-14H2,1-3H3. The van der Waals surface area contributed by atoms with Gasteiger partial charge in [0.25, 0.3) is 0 Å². The monoisotopic (exact) mass is 288 g/mol. The fourth-order valence-corrected chi connectivity index (χ4v) is 2.77. The lowest BCUT2D eigenvalue weighted by atomic mass is 10.0. The molecule has 3 nitrogen and oxygen atoms in total. The van der Waals surface area contributed by atoms with Crippen molar-refractivity contribution in [3.8, 4) is 0 Å². The highest BCUT2D eigenvalue weighted by Crippen LogP contribution is 2.21. The number of rotatable bonds is 5. The zero-order valence-corrected chi connectivity index (χ0v) is 13.6. The van der Waals surface area contributed by atoms with Crippen LogP contribution in [-0.4, -0.2) is 37.0 Å². The Morgan fingerprint density at radius 2 is 1.71 bits per heavy atom.